The van der Waals surface area contributed by atoms with Gasteiger partial charge in [-0.25, -0.2) is 0 Å². The zero-order valence-corrected chi connectivity index (χ0v) is 50.1. The first-order valence-electron chi connectivity index (χ1n) is 32.2. The highest BCUT2D eigenvalue weighted by atomic mass is 16.7. The van der Waals surface area contributed by atoms with Crippen LogP contribution in [0.2, 0.25) is 0 Å². The molecule has 0 aromatic carbocycles. The molecule has 0 radical (unpaired) electrons. The molecule has 80 heavy (non-hydrogen) atoms. The van der Waals surface area contributed by atoms with E-state index < -0.39 is 86.8 Å². The molecule has 9 N–H and O–H groups in total. The summed E-state index contributed by atoms with van der Waals surface area (Å²) in [4.78, 5) is 13.3. The van der Waals surface area contributed by atoms with Crippen molar-refractivity contribution in [3.63, 3.8) is 0 Å². The van der Waals surface area contributed by atoms with Crippen molar-refractivity contribution in [2.45, 2.75) is 319 Å². The molecule has 0 aliphatic carbocycles. The highest BCUT2D eigenvalue weighted by Crippen LogP contribution is 2.30. The number of aliphatic hydroxyl groups is 8. The number of aliphatic hydroxyl groups excluding tert-OH is 8. The second-order valence-electron chi connectivity index (χ2n) is 22.5. The Morgan fingerprint density at radius 2 is 0.863 bits per heavy atom. The minimum absolute atomic E-state index is 0.239. The van der Waals surface area contributed by atoms with E-state index in [0.29, 0.717) is 6.42 Å². The van der Waals surface area contributed by atoms with Crippen LogP contribution in [0.15, 0.2) is 72.9 Å². The number of unbranched alkanes of at least 4 members (excludes halogenated alkanes) is 28. The number of allylic oxidation sites excluding steroid dienone is 11. The largest absolute Gasteiger partial charge is 0.394 e. The molecule has 464 valence electrons. The van der Waals surface area contributed by atoms with Gasteiger partial charge in [0.15, 0.2) is 12.6 Å². The fourth-order valence-corrected chi connectivity index (χ4v) is 10.3. The first-order chi connectivity index (χ1) is 39.1. The van der Waals surface area contributed by atoms with Gasteiger partial charge in [-0.15, -0.1) is 0 Å². The van der Waals surface area contributed by atoms with Gasteiger partial charge in [0, 0.05) is 6.42 Å². The number of hydrogen-bond donors (Lipinski definition) is 9. The standard InChI is InChI=1S/C66H117NO13/c1-3-5-7-9-11-13-15-17-19-21-23-24-25-26-27-28-29-30-32-33-35-37-39-41-43-45-47-49-55(70)54(67-58(71)50-48-46-44-42-40-38-36-34-31-22-20-18-16-14-12-10-8-6-4-2)53-77-65-63(76)61(74)64(57(52-69)79-65)80-66-62(75)60(73)59(72)56(51-68)78-66/h6,8,12,14,18,20,31,34,38,40,47,49,54-57,59-66,68-70,72-76H,3-5,7,9-11,13,15-17,19,21-30,32-33,35-37,39,41-46,48,50-53H2,1-2H3,(H,67,71)/b8-6-,14-12-,20-18-,34-31-,40-38-,49-47+. The lowest BCUT2D eigenvalue weighted by atomic mass is 9.97. The number of carbonyl (C=O) groups is 1. The average molecular weight is 1130 g/mol. The van der Waals surface area contributed by atoms with Gasteiger partial charge >= 0.3 is 0 Å². The molecular weight excluding hydrogens is 1010 g/mol. The van der Waals surface area contributed by atoms with Crippen molar-refractivity contribution in [1.82, 2.24) is 5.32 Å². The molecule has 12 atom stereocenters. The van der Waals surface area contributed by atoms with Gasteiger partial charge in [0.05, 0.1) is 32.0 Å². The minimum atomic E-state index is -1.80. The number of nitrogens with one attached hydrogen (secondary N) is 1. The third kappa shape index (κ3) is 35.5. The lowest BCUT2D eigenvalue weighted by Crippen LogP contribution is -2.65. The number of rotatable bonds is 51. The second-order valence-corrected chi connectivity index (χ2v) is 22.5. The van der Waals surface area contributed by atoms with Crippen LogP contribution in [0.4, 0.5) is 0 Å². The molecule has 1 amide bonds. The molecule has 2 fully saturated rings. The number of hydrogen-bond acceptors (Lipinski definition) is 13. The molecular formula is C66H117NO13. The van der Waals surface area contributed by atoms with Gasteiger partial charge in [-0.2, -0.15) is 0 Å². The smallest absolute Gasteiger partial charge is 0.220 e. The molecule has 0 saturated carbocycles. The van der Waals surface area contributed by atoms with E-state index in [2.05, 4.69) is 79.9 Å². The predicted octanol–water partition coefficient (Wildman–Crippen LogP) is 11.9. The van der Waals surface area contributed by atoms with Crippen molar-refractivity contribution in [1.29, 1.82) is 0 Å². The molecule has 12 unspecified atom stereocenters. The van der Waals surface area contributed by atoms with Gasteiger partial charge in [-0.3, -0.25) is 4.79 Å². The summed E-state index contributed by atoms with van der Waals surface area (Å²) in [5.41, 5.74) is 0. The Hall–Kier alpha value is -2.57. The van der Waals surface area contributed by atoms with Crippen LogP contribution in [0.3, 0.4) is 0 Å². The molecule has 2 aliphatic heterocycles. The lowest BCUT2D eigenvalue weighted by molar-refractivity contribution is -0.359. The van der Waals surface area contributed by atoms with Gasteiger partial charge in [-0.1, -0.05) is 247 Å². The molecule has 2 heterocycles. The summed E-state index contributed by atoms with van der Waals surface area (Å²) in [6.07, 6.45) is 50.9. The molecule has 2 saturated heterocycles. The van der Waals surface area contributed by atoms with Gasteiger partial charge < -0.3 is 65.1 Å². The maximum Gasteiger partial charge on any atom is 0.220 e. The van der Waals surface area contributed by atoms with Crippen LogP contribution in [0.5, 0.6) is 0 Å². The number of amides is 1. The van der Waals surface area contributed by atoms with Crippen LogP contribution >= 0.6 is 0 Å². The molecule has 14 heteroatoms. The molecule has 0 bridgehead atoms. The monoisotopic (exact) mass is 1130 g/mol. The average Bonchev–Trinajstić information content (AvgIpc) is 3.48. The number of carbonyl (C=O) groups excluding carboxylic acids is 1. The molecule has 0 aromatic heterocycles. The fraction of sp³-hybridized carbons (Fsp3) is 0.803. The topological polar surface area (TPSA) is 228 Å². The van der Waals surface area contributed by atoms with Crippen molar-refractivity contribution in [3.8, 4) is 0 Å². The minimum Gasteiger partial charge on any atom is -0.394 e. The van der Waals surface area contributed by atoms with E-state index in [1.54, 1.807) is 6.08 Å². The first-order valence-corrected chi connectivity index (χ1v) is 32.2. The molecule has 0 aromatic rings. The third-order valence-corrected chi connectivity index (χ3v) is 15.4. The predicted molar refractivity (Wildman–Crippen MR) is 323 cm³/mol. The van der Waals surface area contributed by atoms with E-state index in [-0.39, 0.29) is 18.9 Å². The van der Waals surface area contributed by atoms with Crippen molar-refractivity contribution in [2.75, 3.05) is 19.8 Å². The summed E-state index contributed by atoms with van der Waals surface area (Å²) in [6, 6.07) is -0.937. The Morgan fingerprint density at radius 3 is 1.32 bits per heavy atom. The van der Waals surface area contributed by atoms with Crippen LogP contribution in [-0.4, -0.2) is 140 Å². The van der Waals surface area contributed by atoms with Crippen LogP contribution in [0, 0.1) is 0 Å². The summed E-state index contributed by atoms with van der Waals surface area (Å²) in [5.74, 6) is -0.271. The summed E-state index contributed by atoms with van der Waals surface area (Å²) in [6.45, 7) is 2.68. The van der Waals surface area contributed by atoms with E-state index in [1.165, 1.54) is 148 Å². The first kappa shape index (κ1) is 73.5. The second kappa shape index (κ2) is 50.9. The lowest BCUT2D eigenvalue weighted by Gasteiger charge is -2.46. The quantitative estimate of drug-likeness (QED) is 0.0204. The number of ether oxygens (including phenoxy) is 4. The van der Waals surface area contributed by atoms with Gasteiger partial charge in [0.25, 0.3) is 0 Å². The summed E-state index contributed by atoms with van der Waals surface area (Å²) < 4.78 is 22.8. The summed E-state index contributed by atoms with van der Waals surface area (Å²) in [7, 11) is 0. The van der Waals surface area contributed by atoms with E-state index in [4.69, 9.17) is 18.9 Å². The Morgan fingerprint density at radius 1 is 0.463 bits per heavy atom. The van der Waals surface area contributed by atoms with Crippen LogP contribution in [0.1, 0.15) is 245 Å². The third-order valence-electron chi connectivity index (χ3n) is 15.4. The Bertz CT molecular complexity index is 1620. The maximum absolute atomic E-state index is 13.3. The van der Waals surface area contributed by atoms with Gasteiger partial charge in [-0.05, 0) is 64.2 Å². The highest BCUT2D eigenvalue weighted by Gasteiger charge is 2.51. The zero-order chi connectivity index (χ0) is 58.1. The van der Waals surface area contributed by atoms with Crippen LogP contribution in [0.25, 0.3) is 0 Å². The normalized spacial score (nSPS) is 24.7. The Labute approximate surface area is 485 Å². The van der Waals surface area contributed by atoms with Crippen LogP contribution in [-0.2, 0) is 23.7 Å². The SMILES string of the molecule is CC/C=C\C/C=C\C/C=C\C/C=C\C/C=C\CCCCCC(=O)NC(COC1OC(CO)C(OC2OC(CO)C(O)C(O)C2O)C(O)C1O)C(O)/C=C/CCCCCCCCCCCCCCCCCCCCCCCCCCC. The van der Waals surface area contributed by atoms with E-state index >= 15 is 0 Å². The van der Waals surface area contributed by atoms with Gasteiger partial charge in [0.1, 0.15) is 48.8 Å². The van der Waals surface area contributed by atoms with Crippen molar-refractivity contribution in [3.05, 3.63) is 72.9 Å². The van der Waals surface area contributed by atoms with E-state index in [9.17, 15) is 45.6 Å². The fourth-order valence-electron chi connectivity index (χ4n) is 10.3. The molecule has 14 nitrogen and oxygen atoms in total. The summed E-state index contributed by atoms with van der Waals surface area (Å²) in [5, 5.41) is 87.2. The molecule has 0 spiro atoms. The molecule has 2 aliphatic rings. The zero-order valence-electron chi connectivity index (χ0n) is 50.1. The highest BCUT2D eigenvalue weighted by molar-refractivity contribution is 5.76. The van der Waals surface area contributed by atoms with Crippen molar-refractivity contribution >= 4 is 5.91 Å². The molecule has 2 rings (SSSR count). The van der Waals surface area contributed by atoms with Crippen molar-refractivity contribution in [2.24, 2.45) is 0 Å². The Kier molecular flexibility index (Phi) is 46.8. The summed E-state index contributed by atoms with van der Waals surface area (Å²) >= 11 is 0. The van der Waals surface area contributed by atoms with Crippen LogP contribution < -0.4 is 5.32 Å². The Balaban J connectivity index is 1.74. The van der Waals surface area contributed by atoms with E-state index in [1.807, 2.05) is 6.08 Å². The van der Waals surface area contributed by atoms with Gasteiger partial charge in [0.2, 0.25) is 5.91 Å². The maximum atomic E-state index is 13.3. The van der Waals surface area contributed by atoms with E-state index in [0.717, 1.165) is 70.6 Å². The van der Waals surface area contributed by atoms with Crippen molar-refractivity contribution < 1.29 is 64.6 Å².